The number of thiophene rings is 1. The van der Waals surface area contributed by atoms with E-state index in [1.807, 2.05) is 11.3 Å². The number of fused-ring (bicyclic) bond motifs is 7. The molecular weight excluding hydrogens is 1020 g/mol. The average Bonchev–Trinajstić information content (AvgIpc) is 3.92. The molecule has 2 fully saturated rings. The van der Waals surface area contributed by atoms with Crippen LogP contribution in [0, 0.1) is 17.8 Å². The number of rotatable bonds is 10. The van der Waals surface area contributed by atoms with Crippen LogP contribution in [-0.2, 0) is 0 Å². The van der Waals surface area contributed by atoms with Gasteiger partial charge in [-0.2, -0.15) is 0 Å². The molecule has 4 aliphatic rings. The fourth-order valence-corrected chi connectivity index (χ4v) is 15.4. The van der Waals surface area contributed by atoms with Crippen molar-refractivity contribution in [2.75, 3.05) is 0 Å². The molecule has 2 heterocycles. The molecule has 2 aromatic heterocycles. The molecule has 0 radical (unpaired) electrons. The van der Waals surface area contributed by atoms with Crippen LogP contribution in [-0.4, -0.2) is 10.6 Å². The minimum Gasteiger partial charge on any atom is -0.344 e. The Morgan fingerprint density at radius 2 is 1.06 bits per heavy atom. The lowest BCUT2D eigenvalue weighted by molar-refractivity contribution is 0.529. The van der Waals surface area contributed by atoms with E-state index in [4.69, 9.17) is 11.5 Å². The van der Waals surface area contributed by atoms with Gasteiger partial charge >= 0.3 is 0 Å². The van der Waals surface area contributed by atoms with Crippen LogP contribution in [0.3, 0.4) is 0 Å². The summed E-state index contributed by atoms with van der Waals surface area (Å²) in [4.78, 5) is 0. The molecule has 0 amide bonds. The van der Waals surface area contributed by atoms with Crippen molar-refractivity contribution in [3.63, 3.8) is 0 Å². The minimum absolute atomic E-state index is 0. The van der Waals surface area contributed by atoms with Gasteiger partial charge in [0.05, 0.1) is 11.0 Å². The molecule has 420 valence electrons. The standard InChI is InChI=1S/C78H79N3S.H3N/c1-53-23-6-2-5-9-29-59(79)30-22-39-61(53)66-35-18-15-32-63(66)56-41-45-75-70(49-56)71-50-57(64-33-16-19-37-68(64)67-36-14-12-28-55-27-11-13-31-62(55)67)42-46-76(71)81(75)60-44-48-78-73(52-60)72-51-58(43-47-77(72)82-78)65-34-17-20-38-69(65)74(80)40-21-10-26-54-24-7-3-4-8-25-54;/h10,12,14-22,26,28,30,32-54,59,62,74H,2-9,11,13,23-25,27,29,31,79-80H2,1H3;1H3/b26-10-,30-22-,40-21-,61-39+;. The van der Waals surface area contributed by atoms with Gasteiger partial charge in [-0.3, -0.25) is 0 Å². The summed E-state index contributed by atoms with van der Waals surface area (Å²) in [7, 11) is 0. The van der Waals surface area contributed by atoms with Crippen molar-refractivity contribution in [1.82, 2.24) is 10.7 Å². The van der Waals surface area contributed by atoms with Gasteiger partial charge in [0.15, 0.2) is 0 Å². The van der Waals surface area contributed by atoms with Crippen molar-refractivity contribution in [2.45, 2.75) is 122 Å². The van der Waals surface area contributed by atoms with Crippen molar-refractivity contribution < 1.29 is 0 Å². The molecule has 0 aliphatic heterocycles. The van der Waals surface area contributed by atoms with E-state index in [1.54, 1.807) is 5.57 Å². The Balaban J connectivity index is 0.00000680. The van der Waals surface area contributed by atoms with E-state index < -0.39 is 0 Å². The maximum Gasteiger partial charge on any atom is 0.0541 e. The van der Waals surface area contributed by atoms with E-state index in [0.29, 0.717) is 17.8 Å². The fraction of sp³-hybridized carbons (Fsp3) is 0.282. The first-order valence-electron chi connectivity index (χ1n) is 31.1. The van der Waals surface area contributed by atoms with Crippen molar-refractivity contribution in [3.8, 4) is 39.1 Å². The summed E-state index contributed by atoms with van der Waals surface area (Å²) < 4.78 is 5.10. The van der Waals surface area contributed by atoms with Gasteiger partial charge in [0.2, 0.25) is 0 Å². The van der Waals surface area contributed by atoms with Crippen LogP contribution in [0.1, 0.15) is 132 Å². The Hall–Kier alpha value is -7.38. The van der Waals surface area contributed by atoms with Crippen LogP contribution in [0.25, 0.3) is 92.2 Å². The van der Waals surface area contributed by atoms with Crippen LogP contribution < -0.4 is 17.6 Å². The monoisotopic (exact) mass is 1110 g/mol. The van der Waals surface area contributed by atoms with Crippen LogP contribution in [0.15, 0.2) is 218 Å². The number of hydrogen-bond donors (Lipinski definition) is 3. The first-order valence-corrected chi connectivity index (χ1v) is 31.9. The van der Waals surface area contributed by atoms with E-state index in [-0.39, 0.29) is 18.2 Å². The lowest BCUT2D eigenvalue weighted by atomic mass is 9.76. The molecule has 0 saturated heterocycles. The van der Waals surface area contributed by atoms with E-state index in [2.05, 4.69) is 224 Å². The quantitative estimate of drug-likeness (QED) is 0.0941. The third-order valence-corrected chi connectivity index (χ3v) is 19.9. The lowest BCUT2D eigenvalue weighted by Gasteiger charge is -2.28. The Morgan fingerprint density at radius 1 is 0.506 bits per heavy atom. The SMILES string of the molecule is CC1CCCCCCC(N)/C=C\C=C/1c1ccccc1-c1ccc2c(c1)c1cc(-c3ccccc3C3=CC=CC=C4CCCCC43)ccc1n2-c1ccc2sc3ccc(-c4ccccc4C(N)/C=C\C=C/C4CCCCCC4)cc3c2c1.N. The molecule has 7 aromatic carbocycles. The second-order valence-corrected chi connectivity index (χ2v) is 25.2. The molecule has 0 spiro atoms. The second kappa shape index (κ2) is 25.6. The van der Waals surface area contributed by atoms with Gasteiger partial charge < -0.3 is 22.2 Å². The van der Waals surface area contributed by atoms with E-state index in [0.717, 1.165) is 17.7 Å². The second-order valence-electron chi connectivity index (χ2n) is 24.1. The molecular formula is C78H82N4S. The first-order chi connectivity index (χ1) is 40.4. The molecule has 9 aromatic rings. The van der Waals surface area contributed by atoms with Gasteiger partial charge in [-0.25, -0.2) is 0 Å². The van der Waals surface area contributed by atoms with Crippen molar-refractivity contribution in [1.29, 1.82) is 0 Å². The van der Waals surface area contributed by atoms with Crippen LogP contribution >= 0.6 is 11.3 Å². The highest BCUT2D eigenvalue weighted by Gasteiger charge is 2.27. The van der Waals surface area contributed by atoms with E-state index >= 15 is 0 Å². The smallest absolute Gasteiger partial charge is 0.0541 e. The number of hydrogen-bond acceptors (Lipinski definition) is 4. The van der Waals surface area contributed by atoms with Gasteiger partial charge in [-0.1, -0.05) is 228 Å². The lowest BCUT2D eigenvalue weighted by Crippen LogP contribution is -2.16. The van der Waals surface area contributed by atoms with E-state index in [9.17, 15) is 0 Å². The number of nitrogens with two attached hydrogens (primary N) is 2. The zero-order chi connectivity index (χ0) is 55.4. The zero-order valence-corrected chi connectivity index (χ0v) is 49.4. The highest BCUT2D eigenvalue weighted by Crippen LogP contribution is 2.46. The van der Waals surface area contributed by atoms with Gasteiger partial charge in [-0.15, -0.1) is 11.3 Å². The predicted molar refractivity (Wildman–Crippen MR) is 361 cm³/mol. The number of aromatic nitrogens is 1. The summed E-state index contributed by atoms with van der Waals surface area (Å²) in [6.45, 7) is 2.42. The molecule has 4 nitrogen and oxygen atoms in total. The maximum atomic E-state index is 7.02. The van der Waals surface area contributed by atoms with Crippen LogP contribution in [0.2, 0.25) is 0 Å². The summed E-state index contributed by atoms with van der Waals surface area (Å²) in [5, 5.41) is 5.05. The Labute approximate surface area is 497 Å². The minimum atomic E-state index is -0.218. The van der Waals surface area contributed by atoms with Gasteiger partial charge in [0.1, 0.15) is 0 Å². The summed E-state index contributed by atoms with van der Waals surface area (Å²) >= 11 is 1.88. The van der Waals surface area contributed by atoms with E-state index in [1.165, 1.54) is 194 Å². The Kier molecular flexibility index (Phi) is 17.3. The molecule has 7 N–H and O–H groups in total. The van der Waals surface area contributed by atoms with Crippen LogP contribution in [0.5, 0.6) is 0 Å². The predicted octanol–water partition coefficient (Wildman–Crippen LogP) is 21.7. The zero-order valence-electron chi connectivity index (χ0n) is 48.6. The summed E-state index contributed by atoms with van der Waals surface area (Å²) in [5.74, 6) is 1.53. The van der Waals surface area contributed by atoms with Gasteiger partial charge in [0, 0.05) is 54.6 Å². The fourth-order valence-electron chi connectivity index (χ4n) is 14.3. The van der Waals surface area contributed by atoms with Crippen LogP contribution in [0.4, 0.5) is 0 Å². The topological polar surface area (TPSA) is 92.0 Å². The average molecular weight is 1110 g/mol. The molecule has 13 rings (SSSR count). The van der Waals surface area contributed by atoms with Crippen molar-refractivity contribution in [3.05, 3.63) is 235 Å². The first kappa shape index (κ1) is 56.1. The van der Waals surface area contributed by atoms with Gasteiger partial charge in [-0.05, 0) is 173 Å². The Morgan fingerprint density at radius 3 is 1.78 bits per heavy atom. The Bertz CT molecular complexity index is 4030. The molecule has 83 heavy (non-hydrogen) atoms. The van der Waals surface area contributed by atoms with Crippen molar-refractivity contribution >= 4 is 64.5 Å². The van der Waals surface area contributed by atoms with Crippen molar-refractivity contribution in [2.24, 2.45) is 29.2 Å². The summed E-state index contributed by atoms with van der Waals surface area (Å²) in [5.41, 5.74) is 32.8. The molecule has 0 bridgehead atoms. The maximum absolute atomic E-state index is 7.02. The normalized spacial score (nSPS) is 20.9. The molecule has 2 saturated carbocycles. The van der Waals surface area contributed by atoms with Gasteiger partial charge in [0.25, 0.3) is 0 Å². The number of benzene rings is 7. The summed E-state index contributed by atoms with van der Waals surface area (Å²) in [6.07, 6.45) is 45.2. The molecule has 4 aliphatic carbocycles. The molecule has 4 unspecified atom stereocenters. The third-order valence-electron chi connectivity index (χ3n) is 18.7. The number of nitrogens with zero attached hydrogens (tertiary/aromatic N) is 1. The highest BCUT2D eigenvalue weighted by atomic mass is 32.1. The molecule has 5 heteroatoms. The summed E-state index contributed by atoms with van der Waals surface area (Å²) in [6, 6.07) is 55.5. The third kappa shape index (κ3) is 11.8. The molecule has 4 atom stereocenters. The highest BCUT2D eigenvalue weighted by molar-refractivity contribution is 7.25. The largest absolute Gasteiger partial charge is 0.344 e. The number of allylic oxidation sites excluding steroid dienone is 12.